The number of likely N-dealkylation sites (N-methyl/N-ethyl adjacent to an activating group) is 2. The second kappa shape index (κ2) is 7.63. The molecule has 100 valence electrons. The van der Waals surface area contributed by atoms with E-state index in [1.165, 1.54) is 12.8 Å². The number of rotatable bonds is 9. The molecule has 0 aromatic rings. The zero-order valence-corrected chi connectivity index (χ0v) is 11.2. The van der Waals surface area contributed by atoms with E-state index >= 15 is 0 Å². The SMILES string of the molecule is COCCN(C)CCNCC(=O)N(C)C1CC1. The third kappa shape index (κ3) is 6.00. The lowest BCUT2D eigenvalue weighted by Gasteiger charge is -2.18. The lowest BCUT2D eigenvalue weighted by atomic mass is 10.4. The molecule has 1 saturated carbocycles. The van der Waals surface area contributed by atoms with Crippen LogP contribution in [0.3, 0.4) is 0 Å². The van der Waals surface area contributed by atoms with Crippen molar-refractivity contribution in [1.82, 2.24) is 15.1 Å². The van der Waals surface area contributed by atoms with Gasteiger partial charge in [0.2, 0.25) is 5.91 Å². The van der Waals surface area contributed by atoms with Crippen LogP contribution >= 0.6 is 0 Å². The van der Waals surface area contributed by atoms with E-state index in [1.807, 2.05) is 11.9 Å². The molecule has 17 heavy (non-hydrogen) atoms. The van der Waals surface area contributed by atoms with Gasteiger partial charge in [-0.25, -0.2) is 0 Å². The maximum absolute atomic E-state index is 11.7. The molecule has 5 heteroatoms. The quantitative estimate of drug-likeness (QED) is 0.569. The summed E-state index contributed by atoms with van der Waals surface area (Å²) in [5, 5.41) is 3.18. The van der Waals surface area contributed by atoms with Gasteiger partial charge < -0.3 is 19.9 Å². The smallest absolute Gasteiger partial charge is 0.236 e. The van der Waals surface area contributed by atoms with Crippen molar-refractivity contribution in [3.63, 3.8) is 0 Å². The Bertz CT molecular complexity index is 232. The number of nitrogens with one attached hydrogen (secondary N) is 1. The van der Waals surface area contributed by atoms with Crippen molar-refractivity contribution >= 4 is 5.91 Å². The summed E-state index contributed by atoms with van der Waals surface area (Å²) in [6, 6.07) is 0.508. The predicted octanol–water partition coefficient (Wildman–Crippen LogP) is -0.225. The molecular formula is C12H25N3O2. The van der Waals surface area contributed by atoms with Crippen LogP contribution in [-0.4, -0.2) is 75.7 Å². The molecule has 5 nitrogen and oxygen atoms in total. The largest absolute Gasteiger partial charge is 0.383 e. The fourth-order valence-electron chi connectivity index (χ4n) is 1.61. The van der Waals surface area contributed by atoms with Crippen molar-refractivity contribution < 1.29 is 9.53 Å². The minimum absolute atomic E-state index is 0.201. The molecule has 1 amide bonds. The highest BCUT2D eigenvalue weighted by Gasteiger charge is 2.28. The predicted molar refractivity (Wildman–Crippen MR) is 68.0 cm³/mol. The number of methoxy groups -OCH3 is 1. The van der Waals surface area contributed by atoms with Crippen LogP contribution in [0.15, 0.2) is 0 Å². The topological polar surface area (TPSA) is 44.8 Å². The van der Waals surface area contributed by atoms with E-state index in [0.29, 0.717) is 12.6 Å². The van der Waals surface area contributed by atoms with E-state index in [0.717, 1.165) is 26.2 Å². The van der Waals surface area contributed by atoms with Gasteiger partial charge in [0.15, 0.2) is 0 Å². The minimum Gasteiger partial charge on any atom is -0.383 e. The van der Waals surface area contributed by atoms with Gasteiger partial charge in [0.25, 0.3) is 0 Å². The van der Waals surface area contributed by atoms with Gasteiger partial charge in [-0.2, -0.15) is 0 Å². The molecule has 0 spiro atoms. The lowest BCUT2D eigenvalue weighted by Crippen LogP contribution is -2.39. The molecule has 0 bridgehead atoms. The van der Waals surface area contributed by atoms with Gasteiger partial charge in [-0.3, -0.25) is 4.79 Å². The fraction of sp³-hybridized carbons (Fsp3) is 0.917. The second-order valence-electron chi connectivity index (χ2n) is 4.71. The van der Waals surface area contributed by atoms with E-state index in [-0.39, 0.29) is 5.91 Å². The highest BCUT2D eigenvalue weighted by Crippen LogP contribution is 2.24. The number of ether oxygens (including phenoxy) is 1. The van der Waals surface area contributed by atoms with Gasteiger partial charge in [0.05, 0.1) is 13.2 Å². The monoisotopic (exact) mass is 243 g/mol. The number of carbonyl (C=O) groups excluding carboxylic acids is 1. The molecule has 0 aliphatic heterocycles. The van der Waals surface area contributed by atoms with Gasteiger partial charge in [-0.05, 0) is 19.9 Å². The molecule has 1 aliphatic carbocycles. The van der Waals surface area contributed by atoms with Crippen molar-refractivity contribution in [1.29, 1.82) is 0 Å². The lowest BCUT2D eigenvalue weighted by molar-refractivity contribution is -0.129. The van der Waals surface area contributed by atoms with Crippen molar-refractivity contribution in [2.24, 2.45) is 0 Å². The minimum atomic E-state index is 0.201. The molecule has 0 aromatic carbocycles. The zero-order chi connectivity index (χ0) is 12.7. The standard InChI is InChI=1S/C12H25N3O2/c1-14(8-9-17-3)7-6-13-10-12(16)15(2)11-4-5-11/h11,13H,4-10H2,1-3H3. The van der Waals surface area contributed by atoms with E-state index in [2.05, 4.69) is 17.3 Å². The Kier molecular flexibility index (Phi) is 6.47. The van der Waals surface area contributed by atoms with E-state index in [1.54, 1.807) is 7.11 Å². The average Bonchev–Trinajstić information content (AvgIpc) is 3.14. The Morgan fingerprint density at radius 1 is 1.35 bits per heavy atom. The molecular weight excluding hydrogens is 218 g/mol. The van der Waals surface area contributed by atoms with E-state index in [9.17, 15) is 4.79 Å². The summed E-state index contributed by atoms with van der Waals surface area (Å²) in [7, 11) is 5.66. The Balaban J connectivity index is 1.97. The maximum Gasteiger partial charge on any atom is 0.236 e. The van der Waals surface area contributed by atoms with Crippen LogP contribution in [0.1, 0.15) is 12.8 Å². The molecule has 0 aromatic heterocycles. The van der Waals surface area contributed by atoms with Crippen molar-refractivity contribution in [2.45, 2.75) is 18.9 Å². The summed E-state index contributed by atoms with van der Waals surface area (Å²) in [6.45, 7) is 3.90. The van der Waals surface area contributed by atoms with Crippen LogP contribution < -0.4 is 5.32 Å². The van der Waals surface area contributed by atoms with Gasteiger partial charge in [0, 0.05) is 39.8 Å². The van der Waals surface area contributed by atoms with Crippen molar-refractivity contribution in [3.8, 4) is 0 Å². The summed E-state index contributed by atoms with van der Waals surface area (Å²) in [6.07, 6.45) is 2.34. The third-order valence-corrected chi connectivity index (χ3v) is 3.11. The van der Waals surface area contributed by atoms with Crippen molar-refractivity contribution in [3.05, 3.63) is 0 Å². The second-order valence-corrected chi connectivity index (χ2v) is 4.71. The first-order valence-electron chi connectivity index (χ1n) is 6.29. The molecule has 0 saturated heterocycles. The number of carbonyl (C=O) groups is 1. The molecule has 0 unspecified atom stereocenters. The Morgan fingerprint density at radius 3 is 2.65 bits per heavy atom. The third-order valence-electron chi connectivity index (χ3n) is 3.11. The summed E-state index contributed by atoms with van der Waals surface area (Å²) >= 11 is 0. The van der Waals surface area contributed by atoms with Crippen LogP contribution in [0.4, 0.5) is 0 Å². The number of hydrogen-bond donors (Lipinski definition) is 1. The molecule has 1 fully saturated rings. The zero-order valence-electron chi connectivity index (χ0n) is 11.2. The molecule has 1 aliphatic rings. The Morgan fingerprint density at radius 2 is 2.06 bits per heavy atom. The van der Waals surface area contributed by atoms with Crippen LogP contribution in [0.5, 0.6) is 0 Å². The first-order valence-corrected chi connectivity index (χ1v) is 6.29. The first-order chi connectivity index (χ1) is 8.15. The normalized spacial score (nSPS) is 15.3. The molecule has 0 atom stereocenters. The van der Waals surface area contributed by atoms with Gasteiger partial charge in [-0.15, -0.1) is 0 Å². The van der Waals surface area contributed by atoms with Gasteiger partial charge in [0.1, 0.15) is 0 Å². The first kappa shape index (κ1) is 14.4. The molecule has 0 radical (unpaired) electrons. The molecule has 1 rings (SSSR count). The molecule has 0 heterocycles. The van der Waals surface area contributed by atoms with Crippen molar-refractivity contribution in [2.75, 3.05) is 54.0 Å². The fourth-order valence-corrected chi connectivity index (χ4v) is 1.61. The van der Waals surface area contributed by atoms with Crippen LogP contribution in [-0.2, 0) is 9.53 Å². The Hall–Kier alpha value is -0.650. The summed E-state index contributed by atoms with van der Waals surface area (Å²) < 4.78 is 5.00. The maximum atomic E-state index is 11.7. The summed E-state index contributed by atoms with van der Waals surface area (Å²) in [5.74, 6) is 0.201. The Labute approximate surface area is 104 Å². The summed E-state index contributed by atoms with van der Waals surface area (Å²) in [4.78, 5) is 15.7. The summed E-state index contributed by atoms with van der Waals surface area (Å²) in [5.41, 5.74) is 0. The number of hydrogen-bond acceptors (Lipinski definition) is 4. The average molecular weight is 243 g/mol. The van der Waals surface area contributed by atoms with Crippen LogP contribution in [0.25, 0.3) is 0 Å². The highest BCUT2D eigenvalue weighted by molar-refractivity contribution is 5.78. The van der Waals surface area contributed by atoms with E-state index in [4.69, 9.17) is 4.74 Å². The number of nitrogens with zero attached hydrogens (tertiary/aromatic N) is 2. The van der Waals surface area contributed by atoms with Gasteiger partial charge >= 0.3 is 0 Å². The molecule has 1 N–H and O–H groups in total. The van der Waals surface area contributed by atoms with E-state index < -0.39 is 0 Å². The van der Waals surface area contributed by atoms with Crippen LogP contribution in [0.2, 0.25) is 0 Å². The number of amides is 1. The van der Waals surface area contributed by atoms with Gasteiger partial charge in [-0.1, -0.05) is 0 Å². The van der Waals surface area contributed by atoms with Crippen LogP contribution in [0, 0.1) is 0 Å². The highest BCUT2D eigenvalue weighted by atomic mass is 16.5.